The van der Waals surface area contributed by atoms with Crippen molar-refractivity contribution in [3.63, 3.8) is 0 Å². The zero-order chi connectivity index (χ0) is 22.9. The quantitative estimate of drug-likeness (QED) is 0.416. The van der Waals surface area contributed by atoms with Gasteiger partial charge >= 0.3 is 0 Å². The molecule has 33 heavy (non-hydrogen) atoms. The lowest BCUT2D eigenvalue weighted by atomic mass is 10.2. The Hall–Kier alpha value is -3.07. The maximum atomic E-state index is 13.7. The van der Waals surface area contributed by atoms with Gasteiger partial charge in [-0.25, -0.2) is 9.67 Å². The van der Waals surface area contributed by atoms with Crippen LogP contribution >= 0.6 is 22.9 Å². The first-order valence-corrected chi connectivity index (χ1v) is 11.9. The fourth-order valence-corrected chi connectivity index (χ4v) is 5.10. The summed E-state index contributed by atoms with van der Waals surface area (Å²) in [5.41, 5.74) is 1.34. The van der Waals surface area contributed by atoms with Crippen LogP contribution in [-0.2, 0) is 4.74 Å². The summed E-state index contributed by atoms with van der Waals surface area (Å²) in [5.74, 6) is -0.504. The predicted molar refractivity (Wildman–Crippen MR) is 130 cm³/mol. The van der Waals surface area contributed by atoms with Gasteiger partial charge in [-0.1, -0.05) is 47.2 Å². The standard InChI is InChI=1S/C24H21ClN4O3S/c1-15-13-20(30)22(27-29(15)19-10-4-2-8-17(19)25)23(31)28(14-16-7-6-12-32-16)24-26-18-9-3-5-11-21(18)33-24/h2-5,8-11,13,16H,6-7,12,14H2,1H3. The molecule has 1 unspecified atom stereocenters. The summed E-state index contributed by atoms with van der Waals surface area (Å²) in [7, 11) is 0. The van der Waals surface area contributed by atoms with Gasteiger partial charge < -0.3 is 4.74 Å². The molecular weight excluding hydrogens is 460 g/mol. The molecule has 1 aliphatic rings. The Morgan fingerprint density at radius 3 is 2.79 bits per heavy atom. The Kier molecular flexibility index (Phi) is 5.97. The molecule has 0 N–H and O–H groups in total. The topological polar surface area (TPSA) is 77.3 Å². The highest BCUT2D eigenvalue weighted by Gasteiger charge is 2.30. The van der Waals surface area contributed by atoms with Gasteiger partial charge in [-0.2, -0.15) is 5.10 Å². The van der Waals surface area contributed by atoms with E-state index in [9.17, 15) is 9.59 Å². The highest BCUT2D eigenvalue weighted by atomic mass is 35.5. The highest BCUT2D eigenvalue weighted by Crippen LogP contribution is 2.30. The average Bonchev–Trinajstić information content (AvgIpc) is 3.47. The lowest BCUT2D eigenvalue weighted by Crippen LogP contribution is -2.40. The maximum absolute atomic E-state index is 13.7. The smallest absolute Gasteiger partial charge is 0.284 e. The molecule has 7 nitrogen and oxygen atoms in total. The molecule has 168 valence electrons. The molecule has 0 saturated carbocycles. The number of benzene rings is 2. The van der Waals surface area contributed by atoms with Crippen LogP contribution < -0.4 is 10.3 Å². The van der Waals surface area contributed by atoms with Gasteiger partial charge in [-0.3, -0.25) is 14.5 Å². The number of halogens is 1. The predicted octanol–water partition coefficient (Wildman–Crippen LogP) is 4.63. The Morgan fingerprint density at radius 1 is 1.24 bits per heavy atom. The second kappa shape index (κ2) is 9.05. The van der Waals surface area contributed by atoms with E-state index in [-0.39, 0.29) is 11.8 Å². The van der Waals surface area contributed by atoms with E-state index >= 15 is 0 Å². The Labute approximate surface area is 199 Å². The minimum absolute atomic E-state index is 0.114. The number of amides is 1. The van der Waals surface area contributed by atoms with E-state index in [1.165, 1.54) is 27.0 Å². The van der Waals surface area contributed by atoms with Crippen molar-refractivity contribution in [3.05, 3.63) is 81.2 Å². The SMILES string of the molecule is Cc1cc(=O)c(C(=O)N(CC2CCCO2)c2nc3ccccc3s2)nn1-c1ccccc1Cl. The third-order valence-electron chi connectivity index (χ3n) is 5.56. The van der Waals surface area contributed by atoms with Crippen LogP contribution in [-0.4, -0.2) is 39.9 Å². The number of rotatable bonds is 5. The molecule has 2 aromatic carbocycles. The van der Waals surface area contributed by atoms with Gasteiger partial charge in [0.1, 0.15) is 0 Å². The zero-order valence-electron chi connectivity index (χ0n) is 17.9. The van der Waals surface area contributed by atoms with Gasteiger partial charge in [0.05, 0.1) is 33.6 Å². The first-order chi connectivity index (χ1) is 16.0. The number of fused-ring (bicyclic) bond motifs is 1. The van der Waals surface area contributed by atoms with Crippen molar-refractivity contribution < 1.29 is 9.53 Å². The summed E-state index contributed by atoms with van der Waals surface area (Å²) in [6.45, 7) is 2.72. The summed E-state index contributed by atoms with van der Waals surface area (Å²) in [6.07, 6.45) is 1.67. The molecule has 2 aromatic heterocycles. The molecule has 1 amide bonds. The second-order valence-electron chi connectivity index (χ2n) is 7.88. The zero-order valence-corrected chi connectivity index (χ0v) is 19.5. The van der Waals surface area contributed by atoms with Gasteiger partial charge in [-0.15, -0.1) is 0 Å². The van der Waals surface area contributed by atoms with Gasteiger partial charge in [-0.05, 0) is 44.0 Å². The first kappa shape index (κ1) is 21.8. The van der Waals surface area contributed by atoms with Crippen LogP contribution in [0.5, 0.6) is 0 Å². The van der Waals surface area contributed by atoms with Crippen LogP contribution in [0.25, 0.3) is 15.9 Å². The normalized spacial score (nSPS) is 15.8. The molecule has 1 fully saturated rings. The summed E-state index contributed by atoms with van der Waals surface area (Å²) in [6, 6.07) is 16.3. The molecule has 5 rings (SSSR count). The van der Waals surface area contributed by atoms with Gasteiger partial charge in [0.15, 0.2) is 10.8 Å². The number of thiazole rings is 1. The van der Waals surface area contributed by atoms with Crippen molar-refractivity contribution in [3.8, 4) is 5.69 Å². The average molecular weight is 481 g/mol. The molecule has 1 aliphatic heterocycles. The number of carbonyl (C=O) groups is 1. The van der Waals surface area contributed by atoms with Gasteiger partial charge in [0.25, 0.3) is 5.91 Å². The lowest BCUT2D eigenvalue weighted by molar-refractivity contribution is 0.0911. The van der Waals surface area contributed by atoms with Gasteiger partial charge in [0.2, 0.25) is 5.43 Å². The number of hydrogen-bond acceptors (Lipinski definition) is 6. The van der Waals surface area contributed by atoms with E-state index in [0.29, 0.717) is 34.7 Å². The third-order valence-corrected chi connectivity index (χ3v) is 6.94. The number of anilines is 1. The van der Waals surface area contributed by atoms with Crippen LogP contribution in [0.15, 0.2) is 59.4 Å². The van der Waals surface area contributed by atoms with Crippen molar-refractivity contribution in [2.24, 2.45) is 0 Å². The van der Waals surface area contributed by atoms with E-state index < -0.39 is 11.3 Å². The summed E-state index contributed by atoms with van der Waals surface area (Å²) < 4.78 is 8.27. The number of aryl methyl sites for hydroxylation is 1. The number of ether oxygens (including phenoxy) is 1. The van der Waals surface area contributed by atoms with E-state index in [4.69, 9.17) is 16.3 Å². The summed E-state index contributed by atoms with van der Waals surface area (Å²) >= 11 is 7.76. The van der Waals surface area contributed by atoms with Crippen LogP contribution in [0.3, 0.4) is 0 Å². The minimum Gasteiger partial charge on any atom is -0.376 e. The molecule has 1 atom stereocenters. The fourth-order valence-electron chi connectivity index (χ4n) is 3.91. The largest absolute Gasteiger partial charge is 0.376 e. The number of para-hydroxylation sites is 2. The van der Waals surface area contributed by atoms with E-state index in [0.717, 1.165) is 23.1 Å². The van der Waals surface area contributed by atoms with Crippen molar-refractivity contribution in [2.75, 3.05) is 18.1 Å². The van der Waals surface area contributed by atoms with Gasteiger partial charge in [0, 0.05) is 18.4 Å². The Balaban J connectivity index is 1.59. The number of hydrogen-bond donors (Lipinski definition) is 0. The maximum Gasteiger partial charge on any atom is 0.284 e. The monoisotopic (exact) mass is 480 g/mol. The van der Waals surface area contributed by atoms with Crippen molar-refractivity contribution in [1.29, 1.82) is 0 Å². The number of carbonyl (C=O) groups excluding carboxylic acids is 1. The van der Waals surface area contributed by atoms with Crippen molar-refractivity contribution >= 4 is 44.2 Å². The van der Waals surface area contributed by atoms with E-state index in [1.807, 2.05) is 36.4 Å². The molecular formula is C24H21ClN4O3S. The third kappa shape index (κ3) is 4.29. The molecule has 9 heteroatoms. The second-order valence-corrected chi connectivity index (χ2v) is 9.29. The van der Waals surface area contributed by atoms with Crippen LogP contribution in [0, 0.1) is 6.92 Å². The van der Waals surface area contributed by atoms with E-state index in [1.54, 1.807) is 19.1 Å². The molecule has 0 spiro atoms. The lowest BCUT2D eigenvalue weighted by Gasteiger charge is -2.23. The minimum atomic E-state index is -0.504. The summed E-state index contributed by atoms with van der Waals surface area (Å²) in [4.78, 5) is 32.8. The van der Waals surface area contributed by atoms with Crippen molar-refractivity contribution in [2.45, 2.75) is 25.9 Å². The van der Waals surface area contributed by atoms with Crippen molar-refractivity contribution in [1.82, 2.24) is 14.8 Å². The first-order valence-electron chi connectivity index (χ1n) is 10.7. The molecule has 1 saturated heterocycles. The number of nitrogens with zero attached hydrogens (tertiary/aromatic N) is 4. The molecule has 0 radical (unpaired) electrons. The van der Waals surface area contributed by atoms with E-state index in [2.05, 4.69) is 10.1 Å². The fraction of sp³-hybridized carbons (Fsp3) is 0.250. The molecule has 0 aliphatic carbocycles. The van der Waals surface area contributed by atoms with Crippen LogP contribution in [0.1, 0.15) is 29.0 Å². The Bertz CT molecular complexity index is 1360. The highest BCUT2D eigenvalue weighted by molar-refractivity contribution is 7.22. The van der Waals surface area contributed by atoms with Crippen LogP contribution in [0.4, 0.5) is 5.13 Å². The molecule has 4 aromatic rings. The summed E-state index contributed by atoms with van der Waals surface area (Å²) in [5, 5.41) is 5.43. The van der Waals surface area contributed by atoms with Crippen LogP contribution in [0.2, 0.25) is 5.02 Å². The molecule has 0 bridgehead atoms. The Morgan fingerprint density at radius 2 is 2.03 bits per heavy atom. The number of aromatic nitrogens is 3. The molecule has 3 heterocycles.